The van der Waals surface area contributed by atoms with Gasteiger partial charge in [-0.1, -0.05) is 36.7 Å². The molecule has 232 valence electrons. The predicted molar refractivity (Wildman–Crippen MR) is 148 cm³/mol. The number of halogens is 6. The third-order valence-electron chi connectivity index (χ3n) is 8.53. The Morgan fingerprint density at radius 2 is 1.26 bits per heavy atom. The Balaban J connectivity index is 1.70. The van der Waals surface area contributed by atoms with Crippen molar-refractivity contribution in [3.05, 3.63) is 28.8 Å². The van der Waals surface area contributed by atoms with Gasteiger partial charge in [-0.3, -0.25) is 14.1 Å². The zero-order valence-electron chi connectivity index (χ0n) is 23.6. The van der Waals surface area contributed by atoms with Gasteiger partial charge in [0, 0.05) is 0 Å². The van der Waals surface area contributed by atoms with Crippen molar-refractivity contribution in [1.82, 2.24) is 0 Å². The first kappa shape index (κ1) is 34.3. The summed E-state index contributed by atoms with van der Waals surface area (Å²) in [5.74, 6) is -6.72. The van der Waals surface area contributed by atoms with Gasteiger partial charge in [-0.25, -0.2) is 0 Å². The highest BCUT2D eigenvalue weighted by Crippen LogP contribution is 2.49. The van der Waals surface area contributed by atoms with Crippen LogP contribution in [-0.2, 0) is 43.4 Å². The summed E-state index contributed by atoms with van der Waals surface area (Å²) in [6, 6.07) is 4.03. The maximum atomic E-state index is 13.6. The molecule has 2 saturated carbocycles. The van der Waals surface area contributed by atoms with E-state index in [2.05, 4.69) is 4.74 Å². The second-order valence-electron chi connectivity index (χ2n) is 11.2. The maximum absolute atomic E-state index is 13.6. The summed E-state index contributed by atoms with van der Waals surface area (Å²) in [6.45, 7) is 0. The molecule has 0 amide bonds. The monoisotopic (exact) mass is 624 g/mol. The Bertz CT molecular complexity index is 1230. The minimum Gasteiger partial charge on any atom is -0.438 e. The number of esters is 2. The summed E-state index contributed by atoms with van der Waals surface area (Å²) in [5.41, 5.74) is -2.42. The zero-order chi connectivity index (χ0) is 31.7. The molecule has 1 aromatic rings. The number of ether oxygens (including phenoxy) is 2. The van der Waals surface area contributed by atoms with E-state index < -0.39 is 57.6 Å². The van der Waals surface area contributed by atoms with Crippen LogP contribution in [0.2, 0.25) is 0 Å². The van der Waals surface area contributed by atoms with Crippen LogP contribution in [0.15, 0.2) is 12.1 Å². The van der Waals surface area contributed by atoms with E-state index in [1.807, 2.05) is 35.7 Å². The molecule has 0 aliphatic heterocycles. The molecular formula is C25H33B3F6O7S. The summed E-state index contributed by atoms with van der Waals surface area (Å²) in [4.78, 5) is 25.8. The minimum absolute atomic E-state index is 0.0681. The van der Waals surface area contributed by atoms with Crippen molar-refractivity contribution in [1.29, 1.82) is 0 Å². The van der Waals surface area contributed by atoms with Crippen molar-refractivity contribution >= 4 is 45.6 Å². The van der Waals surface area contributed by atoms with Crippen LogP contribution in [0.4, 0.5) is 26.3 Å². The van der Waals surface area contributed by atoms with Crippen LogP contribution < -0.4 is 4.74 Å². The number of hydrogen-bond acceptors (Lipinski definition) is 6. The van der Waals surface area contributed by atoms with Gasteiger partial charge in [0.25, 0.3) is 10.1 Å². The van der Waals surface area contributed by atoms with Gasteiger partial charge in [0.15, 0.2) is 0 Å². The fourth-order valence-corrected chi connectivity index (χ4v) is 7.07. The Morgan fingerprint density at radius 1 is 0.810 bits per heavy atom. The summed E-state index contributed by atoms with van der Waals surface area (Å²) in [7, 11) is 0.120. The molecule has 1 aromatic carbocycles. The number of rotatable bonds is 9. The number of benzene rings is 1. The molecule has 0 saturated heterocycles. The molecule has 4 atom stereocenters. The fourth-order valence-electron chi connectivity index (χ4n) is 6.17. The minimum atomic E-state index is -6.36. The van der Waals surface area contributed by atoms with E-state index in [9.17, 15) is 44.3 Å². The van der Waals surface area contributed by atoms with Gasteiger partial charge in [0.1, 0.15) is 35.0 Å². The predicted octanol–water partition coefficient (Wildman–Crippen LogP) is 2.12. The lowest BCUT2D eigenvalue weighted by atomic mass is 9.65. The summed E-state index contributed by atoms with van der Waals surface area (Å²) < 4.78 is 122. The molecule has 2 aliphatic carbocycles. The average Bonchev–Trinajstić information content (AvgIpc) is 2.89. The van der Waals surface area contributed by atoms with Crippen LogP contribution in [0, 0.1) is 23.7 Å². The number of carbonyl (C=O) groups is 2. The summed E-state index contributed by atoms with van der Waals surface area (Å²) in [6.07, 6.45) is -9.29. The highest BCUT2D eigenvalue weighted by atomic mass is 32.2. The maximum Gasteiger partial charge on any atom is 0.438 e. The van der Waals surface area contributed by atoms with E-state index in [0.29, 0.717) is 37.7 Å². The van der Waals surface area contributed by atoms with Crippen molar-refractivity contribution < 1.29 is 58.4 Å². The normalized spacial score (nSPS) is 23.6. The molecule has 3 rings (SSSR count). The fraction of sp³-hybridized carbons (Fsp3) is 0.680. The summed E-state index contributed by atoms with van der Waals surface area (Å²) >= 11 is 0. The number of hydrogen-bond donors (Lipinski definition) is 1. The Kier molecular flexibility index (Phi) is 10.5. The molecule has 0 radical (unpaired) electrons. The van der Waals surface area contributed by atoms with Crippen LogP contribution >= 0.6 is 0 Å². The third-order valence-corrected chi connectivity index (χ3v) is 9.30. The zero-order valence-corrected chi connectivity index (χ0v) is 24.4. The first-order chi connectivity index (χ1) is 19.4. The molecule has 0 heterocycles. The van der Waals surface area contributed by atoms with Crippen molar-refractivity contribution in [2.75, 3.05) is 5.75 Å². The standard InChI is InChI=1S/C25H33B3F6O7S/c26-9-13-5-18(10-27)20(19(6-13)11-28)40-21(35)16-3-1-15-8-17(4-2-14(15)7-16)22(36)41-23(24(29,30)31,25(32,33)34)12-42(37,38)39/h5-6,14-17H,1-4,7-12,26-28H2,(H,37,38,39). The van der Waals surface area contributed by atoms with Crippen molar-refractivity contribution in [2.24, 2.45) is 23.7 Å². The van der Waals surface area contributed by atoms with E-state index in [0.717, 1.165) is 23.0 Å². The van der Waals surface area contributed by atoms with E-state index in [-0.39, 0.29) is 31.1 Å². The molecular weight excluding hydrogens is 591 g/mol. The van der Waals surface area contributed by atoms with Crippen LogP contribution in [0.1, 0.15) is 55.2 Å². The SMILES string of the molecule is BCc1cc(CB)c(OC(=O)C2CCC3CC(C(=O)OC(CS(=O)(=O)O)(C(F)(F)F)C(F)(F)F)CCC3C2)c(CB)c1. The smallest absolute Gasteiger partial charge is 0.438 e. The van der Waals surface area contributed by atoms with Gasteiger partial charge in [-0.15, -0.1) is 0 Å². The van der Waals surface area contributed by atoms with E-state index >= 15 is 0 Å². The van der Waals surface area contributed by atoms with Crippen LogP contribution in [-0.4, -0.2) is 72.2 Å². The number of carbonyl (C=O) groups excluding carboxylic acids is 2. The second kappa shape index (κ2) is 12.8. The quantitative estimate of drug-likeness (QED) is 0.148. The summed E-state index contributed by atoms with van der Waals surface area (Å²) in [5, 5.41) is 0. The van der Waals surface area contributed by atoms with Crippen LogP contribution in [0.3, 0.4) is 0 Å². The molecule has 17 heteroatoms. The van der Waals surface area contributed by atoms with Gasteiger partial charge >= 0.3 is 29.9 Å². The van der Waals surface area contributed by atoms with Gasteiger partial charge in [0.2, 0.25) is 0 Å². The molecule has 0 spiro atoms. The first-order valence-electron chi connectivity index (χ1n) is 14.0. The topological polar surface area (TPSA) is 107 Å². The average molecular weight is 624 g/mol. The lowest BCUT2D eigenvalue weighted by Gasteiger charge is -2.42. The van der Waals surface area contributed by atoms with Gasteiger partial charge in [-0.2, -0.15) is 34.8 Å². The Hall–Kier alpha value is -2.16. The third kappa shape index (κ3) is 7.49. The van der Waals surface area contributed by atoms with E-state index in [1.54, 1.807) is 0 Å². The lowest BCUT2D eigenvalue weighted by molar-refractivity contribution is -0.362. The molecule has 42 heavy (non-hydrogen) atoms. The van der Waals surface area contributed by atoms with E-state index in [4.69, 9.17) is 9.29 Å². The van der Waals surface area contributed by atoms with Gasteiger partial charge < -0.3 is 9.47 Å². The molecule has 0 aromatic heterocycles. The molecule has 2 aliphatic rings. The largest absolute Gasteiger partial charge is 0.438 e. The molecule has 2 fully saturated rings. The van der Waals surface area contributed by atoms with E-state index in [1.165, 1.54) is 0 Å². The lowest BCUT2D eigenvalue weighted by Crippen LogP contribution is -2.64. The van der Waals surface area contributed by atoms with Gasteiger partial charge in [-0.05, 0) is 61.5 Å². The van der Waals surface area contributed by atoms with Gasteiger partial charge in [0.05, 0.1) is 11.8 Å². The molecule has 1 N–H and O–H groups in total. The first-order valence-corrected chi connectivity index (χ1v) is 15.6. The second-order valence-corrected chi connectivity index (χ2v) is 12.7. The highest BCUT2D eigenvalue weighted by molar-refractivity contribution is 7.85. The molecule has 4 unspecified atom stereocenters. The highest BCUT2D eigenvalue weighted by Gasteiger charge is 2.76. The van der Waals surface area contributed by atoms with Crippen molar-refractivity contribution in [3.63, 3.8) is 0 Å². The van der Waals surface area contributed by atoms with Crippen LogP contribution in [0.5, 0.6) is 5.75 Å². The number of alkyl halides is 6. The van der Waals surface area contributed by atoms with Crippen LogP contribution in [0.25, 0.3) is 0 Å². The Morgan fingerprint density at radius 3 is 1.64 bits per heavy atom. The van der Waals surface area contributed by atoms with Crippen molar-refractivity contribution in [3.8, 4) is 5.75 Å². The molecule has 7 nitrogen and oxygen atoms in total. The molecule has 0 bridgehead atoms. The number of fused-ring (bicyclic) bond motifs is 1. The Labute approximate surface area is 243 Å². The van der Waals surface area contributed by atoms with Crippen molar-refractivity contribution in [2.45, 2.75) is 75.4 Å².